The van der Waals surface area contributed by atoms with Crippen LogP contribution < -0.4 is 4.74 Å². The van der Waals surface area contributed by atoms with Gasteiger partial charge in [-0.3, -0.25) is 4.79 Å². The quantitative estimate of drug-likeness (QED) is 0.566. The van der Waals surface area contributed by atoms with Crippen LogP contribution in [-0.2, 0) is 4.79 Å². The highest BCUT2D eigenvalue weighted by Crippen LogP contribution is 2.17. The Labute approximate surface area is 89.1 Å². The Hall–Kier alpha value is -1.38. The van der Waals surface area contributed by atoms with Crippen LogP contribution in [-0.4, -0.2) is 5.97 Å². The summed E-state index contributed by atoms with van der Waals surface area (Å²) >= 11 is 0. The van der Waals surface area contributed by atoms with Gasteiger partial charge in [-0.15, -0.1) is 0 Å². The average molecular weight is 210 g/mol. The zero-order valence-corrected chi connectivity index (χ0v) is 9.21. The van der Waals surface area contributed by atoms with Gasteiger partial charge in [-0.05, 0) is 37.1 Å². The third-order valence-corrected chi connectivity index (χ3v) is 2.36. The minimum atomic E-state index is -0.293. The summed E-state index contributed by atoms with van der Waals surface area (Å²) in [5.74, 6) is -0.295. The van der Waals surface area contributed by atoms with Crippen molar-refractivity contribution < 1.29 is 13.9 Å². The van der Waals surface area contributed by atoms with E-state index in [0.29, 0.717) is 11.3 Å². The molecule has 1 aromatic carbocycles. The summed E-state index contributed by atoms with van der Waals surface area (Å²) in [6, 6.07) is 4.28. The molecule has 0 spiro atoms. The highest BCUT2D eigenvalue weighted by molar-refractivity contribution is 5.74. The van der Waals surface area contributed by atoms with Gasteiger partial charge in [0.15, 0.2) is 0 Å². The number of carbonyl (C=O) groups excluding carboxylic acids is 1. The van der Waals surface area contributed by atoms with Crippen LogP contribution in [0.3, 0.4) is 0 Å². The Kier molecular flexibility index (Phi) is 3.83. The van der Waals surface area contributed by atoms with E-state index in [0.717, 1.165) is 6.42 Å². The zero-order chi connectivity index (χ0) is 11.4. The maximum atomic E-state index is 12.9. The monoisotopic (exact) mass is 210 g/mol. The molecule has 0 saturated heterocycles. The molecule has 0 aliphatic carbocycles. The van der Waals surface area contributed by atoms with Gasteiger partial charge in [-0.25, -0.2) is 4.39 Å². The number of benzene rings is 1. The van der Waals surface area contributed by atoms with Crippen molar-refractivity contribution in [3.8, 4) is 5.75 Å². The predicted molar refractivity (Wildman–Crippen MR) is 56.2 cm³/mol. The highest BCUT2D eigenvalue weighted by Gasteiger charge is 2.13. The van der Waals surface area contributed by atoms with Gasteiger partial charge in [0.2, 0.25) is 0 Å². The number of ether oxygens (including phenoxy) is 1. The topological polar surface area (TPSA) is 26.3 Å². The molecule has 0 fully saturated rings. The SMILES string of the molecule is CCC(C)C(=O)Oc1ccc(F)c(C)c1. The van der Waals surface area contributed by atoms with Crippen molar-refractivity contribution in [1.82, 2.24) is 0 Å². The van der Waals surface area contributed by atoms with Crippen molar-refractivity contribution in [3.05, 3.63) is 29.6 Å². The molecule has 0 N–H and O–H groups in total. The minimum Gasteiger partial charge on any atom is -0.426 e. The van der Waals surface area contributed by atoms with E-state index in [2.05, 4.69) is 0 Å². The van der Waals surface area contributed by atoms with Gasteiger partial charge in [-0.2, -0.15) is 0 Å². The number of halogens is 1. The van der Waals surface area contributed by atoms with Crippen LogP contribution in [0.5, 0.6) is 5.75 Å². The van der Waals surface area contributed by atoms with E-state index in [1.165, 1.54) is 18.2 Å². The summed E-state index contributed by atoms with van der Waals surface area (Å²) in [6.07, 6.45) is 0.735. The number of hydrogen-bond acceptors (Lipinski definition) is 2. The molecule has 0 radical (unpaired) electrons. The summed E-state index contributed by atoms with van der Waals surface area (Å²) in [7, 11) is 0. The summed E-state index contributed by atoms with van der Waals surface area (Å²) in [6.45, 7) is 5.36. The van der Waals surface area contributed by atoms with E-state index < -0.39 is 0 Å². The molecule has 0 heterocycles. The van der Waals surface area contributed by atoms with Crippen molar-refractivity contribution in [2.75, 3.05) is 0 Å². The van der Waals surface area contributed by atoms with Crippen LogP contribution in [0, 0.1) is 18.7 Å². The molecule has 1 atom stereocenters. The second-order valence-electron chi connectivity index (χ2n) is 3.64. The summed E-state index contributed by atoms with van der Waals surface area (Å²) in [5, 5.41) is 0. The largest absolute Gasteiger partial charge is 0.426 e. The van der Waals surface area contributed by atoms with E-state index in [1.807, 2.05) is 6.92 Å². The van der Waals surface area contributed by atoms with Gasteiger partial charge in [0, 0.05) is 0 Å². The van der Waals surface area contributed by atoms with Crippen molar-refractivity contribution in [2.24, 2.45) is 5.92 Å². The minimum absolute atomic E-state index is 0.129. The van der Waals surface area contributed by atoms with Crippen molar-refractivity contribution in [1.29, 1.82) is 0 Å². The first-order valence-electron chi connectivity index (χ1n) is 5.02. The molecule has 1 aromatic rings. The molecule has 2 nitrogen and oxygen atoms in total. The lowest BCUT2D eigenvalue weighted by atomic mass is 10.1. The Morgan fingerprint density at radius 3 is 2.73 bits per heavy atom. The number of esters is 1. The molecule has 0 aliphatic rings. The summed E-state index contributed by atoms with van der Waals surface area (Å²) in [5.41, 5.74) is 0.476. The van der Waals surface area contributed by atoms with Gasteiger partial charge in [0.05, 0.1) is 5.92 Å². The zero-order valence-electron chi connectivity index (χ0n) is 9.21. The Morgan fingerprint density at radius 1 is 1.53 bits per heavy atom. The summed E-state index contributed by atoms with van der Waals surface area (Å²) < 4.78 is 18.0. The number of rotatable bonds is 3. The molecule has 15 heavy (non-hydrogen) atoms. The molecule has 0 bridgehead atoms. The molecule has 0 amide bonds. The fourth-order valence-electron chi connectivity index (χ4n) is 1.06. The molecular weight excluding hydrogens is 195 g/mol. The third-order valence-electron chi connectivity index (χ3n) is 2.36. The second-order valence-corrected chi connectivity index (χ2v) is 3.64. The van der Waals surface area contributed by atoms with Crippen LogP contribution in [0.1, 0.15) is 25.8 Å². The molecule has 82 valence electrons. The van der Waals surface area contributed by atoms with E-state index >= 15 is 0 Å². The smallest absolute Gasteiger partial charge is 0.314 e. The number of carbonyl (C=O) groups is 1. The van der Waals surface area contributed by atoms with Gasteiger partial charge >= 0.3 is 5.97 Å². The lowest BCUT2D eigenvalue weighted by molar-refractivity contribution is -0.138. The Morgan fingerprint density at radius 2 is 2.20 bits per heavy atom. The molecule has 3 heteroatoms. The first kappa shape index (κ1) is 11.7. The van der Waals surface area contributed by atoms with Crippen molar-refractivity contribution in [2.45, 2.75) is 27.2 Å². The fourth-order valence-corrected chi connectivity index (χ4v) is 1.06. The van der Waals surface area contributed by atoms with Gasteiger partial charge in [0.1, 0.15) is 11.6 Å². The van der Waals surface area contributed by atoms with Gasteiger partial charge in [0.25, 0.3) is 0 Å². The average Bonchev–Trinajstić information content (AvgIpc) is 2.22. The predicted octanol–water partition coefficient (Wildman–Crippen LogP) is 3.09. The molecular formula is C12H15FO2. The van der Waals surface area contributed by atoms with Crippen LogP contribution in [0.2, 0.25) is 0 Å². The number of aryl methyl sites for hydroxylation is 1. The molecule has 0 saturated carbocycles. The van der Waals surface area contributed by atoms with E-state index in [9.17, 15) is 9.18 Å². The first-order valence-corrected chi connectivity index (χ1v) is 5.02. The van der Waals surface area contributed by atoms with Crippen LogP contribution in [0.4, 0.5) is 4.39 Å². The van der Waals surface area contributed by atoms with Crippen molar-refractivity contribution in [3.63, 3.8) is 0 Å². The second kappa shape index (κ2) is 4.91. The van der Waals surface area contributed by atoms with Crippen LogP contribution >= 0.6 is 0 Å². The third kappa shape index (κ3) is 3.05. The molecule has 0 aromatic heterocycles. The Balaban J connectivity index is 2.73. The fraction of sp³-hybridized carbons (Fsp3) is 0.417. The normalized spacial score (nSPS) is 12.3. The standard InChI is InChI=1S/C12H15FO2/c1-4-8(2)12(14)15-10-5-6-11(13)9(3)7-10/h5-8H,4H2,1-3H3. The van der Waals surface area contributed by atoms with Crippen molar-refractivity contribution >= 4 is 5.97 Å². The molecule has 1 unspecified atom stereocenters. The maximum absolute atomic E-state index is 12.9. The first-order chi connectivity index (χ1) is 7.04. The Bertz CT molecular complexity index is 361. The molecule has 1 rings (SSSR count). The maximum Gasteiger partial charge on any atom is 0.314 e. The molecule has 0 aliphatic heterocycles. The highest BCUT2D eigenvalue weighted by atomic mass is 19.1. The van der Waals surface area contributed by atoms with Crippen LogP contribution in [0.15, 0.2) is 18.2 Å². The lowest BCUT2D eigenvalue weighted by Gasteiger charge is -2.09. The van der Waals surface area contributed by atoms with E-state index in [1.54, 1.807) is 13.8 Å². The van der Waals surface area contributed by atoms with E-state index in [-0.39, 0.29) is 17.7 Å². The van der Waals surface area contributed by atoms with Gasteiger partial charge in [-0.1, -0.05) is 13.8 Å². The summed E-state index contributed by atoms with van der Waals surface area (Å²) in [4.78, 5) is 11.4. The number of hydrogen-bond donors (Lipinski definition) is 0. The van der Waals surface area contributed by atoms with Crippen LogP contribution in [0.25, 0.3) is 0 Å². The van der Waals surface area contributed by atoms with E-state index in [4.69, 9.17) is 4.74 Å². The van der Waals surface area contributed by atoms with Gasteiger partial charge < -0.3 is 4.74 Å². The lowest BCUT2D eigenvalue weighted by Crippen LogP contribution is -2.16.